The number of nitrogens with one attached hydrogen (secondary N) is 1. The molecular weight excluding hydrogens is 318 g/mol. The van der Waals surface area contributed by atoms with Gasteiger partial charge in [-0.1, -0.05) is 11.6 Å². The summed E-state index contributed by atoms with van der Waals surface area (Å²) in [7, 11) is 0. The van der Waals surface area contributed by atoms with Crippen LogP contribution in [0.1, 0.15) is 15.9 Å². The first-order valence-corrected chi connectivity index (χ1v) is 5.95. The van der Waals surface area contributed by atoms with Crippen molar-refractivity contribution in [1.29, 1.82) is 0 Å². The summed E-state index contributed by atoms with van der Waals surface area (Å²) in [6, 6.07) is 4.29. The molecule has 1 N–H and O–H groups in total. The Kier molecular flexibility index (Phi) is 3.96. The number of hydrogen-bond donors (Lipinski definition) is 1. The first-order valence-electron chi connectivity index (χ1n) is 5.20. The van der Waals surface area contributed by atoms with Gasteiger partial charge < -0.3 is 9.73 Å². The first kappa shape index (κ1) is 14.7. The summed E-state index contributed by atoms with van der Waals surface area (Å²) < 4.78 is 43.2. The van der Waals surface area contributed by atoms with Crippen molar-refractivity contribution in [2.45, 2.75) is 6.18 Å². The van der Waals surface area contributed by atoms with E-state index in [-0.39, 0.29) is 15.8 Å². The number of anilines is 1. The Morgan fingerprint density at radius 2 is 1.90 bits per heavy atom. The van der Waals surface area contributed by atoms with Crippen LogP contribution in [0.2, 0.25) is 10.2 Å². The van der Waals surface area contributed by atoms with E-state index in [1.807, 2.05) is 0 Å². The molecule has 0 radical (unpaired) electrons. The average Bonchev–Trinajstić information content (AvgIpc) is 2.76. The zero-order valence-corrected chi connectivity index (χ0v) is 11.1. The number of carbonyl (C=O) groups is 1. The molecule has 106 valence electrons. The second kappa shape index (κ2) is 5.38. The molecule has 0 aliphatic heterocycles. The molecule has 0 atom stereocenters. The molecule has 8 heteroatoms. The summed E-state index contributed by atoms with van der Waals surface area (Å²) in [6.07, 6.45) is -3.49. The standard InChI is InChI=1S/C12H6Cl2F3NO2/c13-6-1-2-9(8(5-6)12(15,16)17)18-11(19)7-3-4-20-10(7)14/h1-5H,(H,18,19). The number of halogens is 5. The summed E-state index contributed by atoms with van der Waals surface area (Å²) >= 11 is 11.1. The predicted octanol–water partition coefficient (Wildman–Crippen LogP) is 4.86. The van der Waals surface area contributed by atoms with Crippen LogP contribution >= 0.6 is 23.2 Å². The lowest BCUT2D eigenvalue weighted by molar-refractivity contribution is -0.136. The highest BCUT2D eigenvalue weighted by molar-refractivity contribution is 6.33. The van der Waals surface area contributed by atoms with E-state index in [0.29, 0.717) is 0 Å². The molecule has 0 spiro atoms. The van der Waals surface area contributed by atoms with Crippen molar-refractivity contribution in [3.8, 4) is 0 Å². The van der Waals surface area contributed by atoms with Crippen molar-refractivity contribution in [2.75, 3.05) is 5.32 Å². The lowest BCUT2D eigenvalue weighted by Crippen LogP contribution is -2.16. The topological polar surface area (TPSA) is 42.2 Å². The van der Waals surface area contributed by atoms with Gasteiger partial charge in [0, 0.05) is 5.02 Å². The fraction of sp³-hybridized carbons (Fsp3) is 0.0833. The number of alkyl halides is 3. The van der Waals surface area contributed by atoms with Gasteiger partial charge in [0.25, 0.3) is 5.91 Å². The van der Waals surface area contributed by atoms with Crippen LogP contribution in [0.3, 0.4) is 0 Å². The third-order valence-electron chi connectivity index (χ3n) is 2.40. The number of furan rings is 1. The Hall–Kier alpha value is -1.66. The van der Waals surface area contributed by atoms with Crippen molar-refractivity contribution in [3.05, 3.63) is 51.9 Å². The molecule has 0 aliphatic carbocycles. The molecule has 0 fully saturated rings. The largest absolute Gasteiger partial charge is 0.452 e. The van der Waals surface area contributed by atoms with Crippen molar-refractivity contribution in [2.24, 2.45) is 0 Å². The van der Waals surface area contributed by atoms with Gasteiger partial charge in [-0.05, 0) is 35.9 Å². The van der Waals surface area contributed by atoms with Crippen LogP contribution < -0.4 is 5.32 Å². The highest BCUT2D eigenvalue weighted by Crippen LogP contribution is 2.36. The van der Waals surface area contributed by atoms with Gasteiger partial charge in [-0.25, -0.2) is 0 Å². The zero-order valence-electron chi connectivity index (χ0n) is 9.59. The molecule has 1 aromatic carbocycles. The highest BCUT2D eigenvalue weighted by Gasteiger charge is 2.34. The zero-order chi connectivity index (χ0) is 14.9. The van der Waals surface area contributed by atoms with E-state index in [2.05, 4.69) is 5.32 Å². The molecule has 0 saturated carbocycles. The summed E-state index contributed by atoms with van der Waals surface area (Å²) in [5.41, 5.74) is -1.52. The van der Waals surface area contributed by atoms with E-state index in [1.165, 1.54) is 12.1 Å². The summed E-state index contributed by atoms with van der Waals surface area (Å²) in [6.45, 7) is 0. The molecule has 1 aromatic heterocycles. The molecule has 0 bridgehead atoms. The van der Waals surface area contributed by atoms with Crippen LogP contribution in [0.4, 0.5) is 18.9 Å². The molecule has 0 aliphatic rings. The maximum absolute atomic E-state index is 12.8. The van der Waals surface area contributed by atoms with E-state index in [0.717, 1.165) is 18.4 Å². The van der Waals surface area contributed by atoms with Crippen LogP contribution in [-0.4, -0.2) is 5.91 Å². The second-order valence-electron chi connectivity index (χ2n) is 3.75. The summed E-state index contributed by atoms with van der Waals surface area (Å²) in [5, 5.41) is 1.84. The minimum atomic E-state index is -4.65. The molecule has 1 heterocycles. The summed E-state index contributed by atoms with van der Waals surface area (Å²) in [4.78, 5) is 11.8. The second-order valence-corrected chi connectivity index (χ2v) is 4.53. The minimum absolute atomic E-state index is 0.0604. The highest BCUT2D eigenvalue weighted by atomic mass is 35.5. The smallest absolute Gasteiger partial charge is 0.418 e. The number of carbonyl (C=O) groups excluding carboxylic acids is 1. The van der Waals surface area contributed by atoms with Gasteiger partial charge in [0.05, 0.1) is 23.1 Å². The third kappa shape index (κ3) is 3.08. The monoisotopic (exact) mass is 323 g/mol. The molecule has 2 rings (SSSR count). The van der Waals surface area contributed by atoms with E-state index in [4.69, 9.17) is 27.6 Å². The van der Waals surface area contributed by atoms with Crippen LogP contribution in [0.5, 0.6) is 0 Å². The van der Waals surface area contributed by atoms with E-state index in [1.54, 1.807) is 0 Å². The van der Waals surface area contributed by atoms with E-state index < -0.39 is 23.3 Å². The first-order chi connectivity index (χ1) is 9.29. The van der Waals surface area contributed by atoms with Crippen molar-refractivity contribution >= 4 is 34.8 Å². The Morgan fingerprint density at radius 1 is 1.20 bits per heavy atom. The Bertz CT molecular complexity index is 652. The molecule has 0 unspecified atom stereocenters. The number of amides is 1. The molecule has 3 nitrogen and oxygen atoms in total. The van der Waals surface area contributed by atoms with Gasteiger partial charge in [0.1, 0.15) is 0 Å². The van der Waals surface area contributed by atoms with Crippen molar-refractivity contribution in [1.82, 2.24) is 0 Å². The quantitative estimate of drug-likeness (QED) is 0.857. The Labute approximate surface area is 121 Å². The third-order valence-corrected chi connectivity index (χ3v) is 2.93. The van der Waals surface area contributed by atoms with Crippen LogP contribution in [0, 0.1) is 0 Å². The normalized spacial score (nSPS) is 11.4. The maximum atomic E-state index is 12.8. The average molecular weight is 324 g/mol. The van der Waals surface area contributed by atoms with Gasteiger partial charge in [0.2, 0.25) is 5.22 Å². The predicted molar refractivity (Wildman–Crippen MR) is 68.1 cm³/mol. The van der Waals surface area contributed by atoms with Crippen LogP contribution in [-0.2, 0) is 6.18 Å². The van der Waals surface area contributed by atoms with Gasteiger partial charge in [0.15, 0.2) is 0 Å². The van der Waals surface area contributed by atoms with E-state index in [9.17, 15) is 18.0 Å². The summed E-state index contributed by atoms with van der Waals surface area (Å²) in [5.74, 6) is -0.809. The fourth-order valence-electron chi connectivity index (χ4n) is 1.51. The number of rotatable bonds is 2. The van der Waals surface area contributed by atoms with Gasteiger partial charge in [-0.2, -0.15) is 13.2 Å². The molecule has 0 saturated heterocycles. The molecular formula is C12H6Cl2F3NO2. The van der Waals surface area contributed by atoms with Crippen LogP contribution in [0.15, 0.2) is 34.9 Å². The maximum Gasteiger partial charge on any atom is 0.418 e. The van der Waals surface area contributed by atoms with E-state index >= 15 is 0 Å². The SMILES string of the molecule is O=C(Nc1ccc(Cl)cc1C(F)(F)F)c1ccoc1Cl. The van der Waals surface area contributed by atoms with Gasteiger partial charge in [-0.3, -0.25) is 4.79 Å². The minimum Gasteiger partial charge on any atom is -0.452 e. The van der Waals surface area contributed by atoms with Gasteiger partial charge >= 0.3 is 6.18 Å². The van der Waals surface area contributed by atoms with Gasteiger partial charge in [-0.15, -0.1) is 0 Å². The molecule has 1 amide bonds. The van der Waals surface area contributed by atoms with Crippen molar-refractivity contribution < 1.29 is 22.4 Å². The number of benzene rings is 1. The number of hydrogen-bond acceptors (Lipinski definition) is 2. The molecule has 2 aromatic rings. The Balaban J connectivity index is 2.35. The Morgan fingerprint density at radius 3 is 2.45 bits per heavy atom. The lowest BCUT2D eigenvalue weighted by atomic mass is 10.1. The lowest BCUT2D eigenvalue weighted by Gasteiger charge is -2.13. The van der Waals surface area contributed by atoms with Crippen LogP contribution in [0.25, 0.3) is 0 Å². The molecule has 20 heavy (non-hydrogen) atoms. The fourth-order valence-corrected chi connectivity index (χ4v) is 1.88. The van der Waals surface area contributed by atoms with Crippen molar-refractivity contribution in [3.63, 3.8) is 0 Å².